The normalized spacial score (nSPS) is 23.5. The number of ether oxygens (including phenoxy) is 1. The largest absolute Gasteiger partial charge is 0.372 e. The molecule has 0 aliphatic heterocycles. The molecule has 1 rings (SSSR count). The van der Waals surface area contributed by atoms with Crippen molar-refractivity contribution in [1.29, 1.82) is 0 Å². The number of methoxy groups -OCH3 is 1. The highest BCUT2D eigenvalue weighted by Gasteiger charge is 2.35. The molecular formula is C10H17F2NO2. The van der Waals surface area contributed by atoms with E-state index in [0.717, 1.165) is 0 Å². The summed E-state index contributed by atoms with van der Waals surface area (Å²) < 4.78 is 30.4. The van der Waals surface area contributed by atoms with Crippen LogP contribution in [0.25, 0.3) is 0 Å². The fourth-order valence-corrected chi connectivity index (χ4v) is 1.61. The third-order valence-electron chi connectivity index (χ3n) is 2.79. The van der Waals surface area contributed by atoms with Gasteiger partial charge in [-0.3, -0.25) is 4.79 Å². The highest BCUT2D eigenvalue weighted by atomic mass is 19.3. The lowest BCUT2D eigenvalue weighted by molar-refractivity contribution is -0.131. The standard InChI is InChI=1S/C10H17F2NO2/c1-7(15-2)9(14)13-8-3-5-10(11,12)6-4-8/h7-8H,3-6H2,1-2H3,(H,13,14). The molecule has 1 aliphatic carbocycles. The van der Waals surface area contributed by atoms with Gasteiger partial charge in [0.05, 0.1) is 0 Å². The molecule has 0 bridgehead atoms. The van der Waals surface area contributed by atoms with Crippen LogP contribution in [0.1, 0.15) is 32.6 Å². The molecule has 1 saturated carbocycles. The van der Waals surface area contributed by atoms with Crippen molar-refractivity contribution in [3.8, 4) is 0 Å². The van der Waals surface area contributed by atoms with Crippen LogP contribution in [0.4, 0.5) is 8.78 Å². The van der Waals surface area contributed by atoms with Crippen molar-refractivity contribution in [1.82, 2.24) is 5.32 Å². The maximum Gasteiger partial charge on any atom is 0.249 e. The first kappa shape index (κ1) is 12.4. The second-order valence-electron chi connectivity index (χ2n) is 4.02. The molecule has 0 heterocycles. The Balaban J connectivity index is 2.33. The summed E-state index contributed by atoms with van der Waals surface area (Å²) in [4.78, 5) is 11.4. The number of carbonyl (C=O) groups excluding carboxylic acids is 1. The van der Waals surface area contributed by atoms with Gasteiger partial charge in [0.15, 0.2) is 0 Å². The van der Waals surface area contributed by atoms with Gasteiger partial charge in [0, 0.05) is 26.0 Å². The monoisotopic (exact) mass is 221 g/mol. The van der Waals surface area contributed by atoms with Crippen LogP contribution in [0.3, 0.4) is 0 Å². The van der Waals surface area contributed by atoms with Gasteiger partial charge < -0.3 is 10.1 Å². The molecule has 88 valence electrons. The van der Waals surface area contributed by atoms with Crippen LogP contribution in [0, 0.1) is 0 Å². The molecule has 1 aliphatic rings. The minimum absolute atomic E-state index is 0.130. The highest BCUT2D eigenvalue weighted by Crippen LogP contribution is 2.32. The number of nitrogens with one attached hydrogen (secondary N) is 1. The molecule has 1 atom stereocenters. The summed E-state index contributed by atoms with van der Waals surface area (Å²) in [6.45, 7) is 1.63. The predicted octanol–water partition coefficient (Wildman–Crippen LogP) is 1.72. The van der Waals surface area contributed by atoms with E-state index in [2.05, 4.69) is 5.32 Å². The van der Waals surface area contributed by atoms with E-state index in [4.69, 9.17) is 4.74 Å². The van der Waals surface area contributed by atoms with Crippen molar-refractivity contribution in [3.05, 3.63) is 0 Å². The number of carbonyl (C=O) groups is 1. The predicted molar refractivity (Wildman–Crippen MR) is 51.8 cm³/mol. The van der Waals surface area contributed by atoms with E-state index < -0.39 is 12.0 Å². The molecule has 3 nitrogen and oxygen atoms in total. The van der Waals surface area contributed by atoms with Gasteiger partial charge in [-0.05, 0) is 19.8 Å². The van der Waals surface area contributed by atoms with Gasteiger partial charge in [-0.15, -0.1) is 0 Å². The van der Waals surface area contributed by atoms with E-state index >= 15 is 0 Å². The lowest BCUT2D eigenvalue weighted by Gasteiger charge is -2.29. The van der Waals surface area contributed by atoms with Crippen LogP contribution < -0.4 is 5.32 Å². The maximum absolute atomic E-state index is 12.8. The number of amides is 1. The van der Waals surface area contributed by atoms with Gasteiger partial charge in [0.25, 0.3) is 0 Å². The van der Waals surface area contributed by atoms with Crippen molar-refractivity contribution >= 4 is 5.91 Å². The average molecular weight is 221 g/mol. The second-order valence-corrected chi connectivity index (χ2v) is 4.02. The molecule has 1 unspecified atom stereocenters. The van der Waals surface area contributed by atoms with E-state index in [1.807, 2.05) is 0 Å². The smallest absolute Gasteiger partial charge is 0.249 e. The zero-order valence-electron chi connectivity index (χ0n) is 9.06. The van der Waals surface area contributed by atoms with E-state index in [-0.39, 0.29) is 24.8 Å². The molecular weight excluding hydrogens is 204 g/mol. The summed E-state index contributed by atoms with van der Waals surface area (Å²) in [5.74, 6) is -2.78. The summed E-state index contributed by atoms with van der Waals surface area (Å²) in [6, 6.07) is -0.130. The van der Waals surface area contributed by atoms with Crippen molar-refractivity contribution in [2.24, 2.45) is 0 Å². The third kappa shape index (κ3) is 3.74. The first-order valence-electron chi connectivity index (χ1n) is 5.15. The SMILES string of the molecule is COC(C)C(=O)NC1CCC(F)(F)CC1. The maximum atomic E-state index is 12.8. The van der Waals surface area contributed by atoms with Crippen LogP contribution in [-0.4, -0.2) is 31.1 Å². The number of rotatable bonds is 3. The Kier molecular flexibility index (Phi) is 4.02. The van der Waals surface area contributed by atoms with Gasteiger partial charge >= 0.3 is 0 Å². The molecule has 5 heteroatoms. The summed E-state index contributed by atoms with van der Waals surface area (Å²) in [5.41, 5.74) is 0. The first-order chi connectivity index (χ1) is 6.94. The summed E-state index contributed by atoms with van der Waals surface area (Å²) in [7, 11) is 1.44. The Morgan fingerprint density at radius 3 is 2.47 bits per heavy atom. The van der Waals surface area contributed by atoms with E-state index in [1.54, 1.807) is 6.92 Å². The summed E-state index contributed by atoms with van der Waals surface area (Å²) in [5, 5.41) is 2.71. The molecule has 1 fully saturated rings. The molecule has 0 spiro atoms. The highest BCUT2D eigenvalue weighted by molar-refractivity contribution is 5.80. The van der Waals surface area contributed by atoms with Gasteiger partial charge in [0.1, 0.15) is 6.10 Å². The van der Waals surface area contributed by atoms with E-state index in [0.29, 0.717) is 12.8 Å². The summed E-state index contributed by atoms with van der Waals surface area (Å²) >= 11 is 0. The molecule has 1 amide bonds. The van der Waals surface area contributed by atoms with Gasteiger partial charge in [0.2, 0.25) is 11.8 Å². The van der Waals surface area contributed by atoms with Crippen LogP contribution in [0.2, 0.25) is 0 Å². The topological polar surface area (TPSA) is 38.3 Å². The fraction of sp³-hybridized carbons (Fsp3) is 0.900. The second kappa shape index (κ2) is 4.88. The molecule has 0 aromatic heterocycles. The van der Waals surface area contributed by atoms with Crippen molar-refractivity contribution in [2.75, 3.05) is 7.11 Å². The molecule has 0 aromatic carbocycles. The van der Waals surface area contributed by atoms with Gasteiger partial charge in [-0.1, -0.05) is 0 Å². The number of hydrogen-bond acceptors (Lipinski definition) is 2. The number of alkyl halides is 2. The number of hydrogen-bond donors (Lipinski definition) is 1. The van der Waals surface area contributed by atoms with E-state index in [1.165, 1.54) is 7.11 Å². The van der Waals surface area contributed by atoms with Crippen LogP contribution in [0.5, 0.6) is 0 Å². The van der Waals surface area contributed by atoms with Gasteiger partial charge in [-0.25, -0.2) is 8.78 Å². The minimum atomic E-state index is -2.55. The zero-order valence-corrected chi connectivity index (χ0v) is 9.06. The minimum Gasteiger partial charge on any atom is -0.372 e. The Labute approximate surface area is 88.2 Å². The van der Waals surface area contributed by atoms with Crippen molar-refractivity contribution in [2.45, 2.75) is 50.7 Å². The third-order valence-corrected chi connectivity index (χ3v) is 2.79. The van der Waals surface area contributed by atoms with Gasteiger partial charge in [-0.2, -0.15) is 0 Å². The Bertz CT molecular complexity index is 223. The molecule has 0 saturated heterocycles. The molecule has 0 aromatic rings. The van der Waals surface area contributed by atoms with Crippen molar-refractivity contribution < 1.29 is 18.3 Å². The van der Waals surface area contributed by atoms with Crippen LogP contribution in [-0.2, 0) is 9.53 Å². The fourth-order valence-electron chi connectivity index (χ4n) is 1.61. The Morgan fingerprint density at radius 1 is 1.47 bits per heavy atom. The average Bonchev–Trinajstić information content (AvgIpc) is 2.20. The summed E-state index contributed by atoms with van der Waals surface area (Å²) in [6.07, 6.45) is -0.115. The molecule has 0 radical (unpaired) electrons. The molecule has 15 heavy (non-hydrogen) atoms. The zero-order chi connectivity index (χ0) is 11.5. The Hall–Kier alpha value is -0.710. The van der Waals surface area contributed by atoms with Crippen molar-refractivity contribution in [3.63, 3.8) is 0 Å². The van der Waals surface area contributed by atoms with Crippen LogP contribution >= 0.6 is 0 Å². The van der Waals surface area contributed by atoms with E-state index in [9.17, 15) is 13.6 Å². The lowest BCUT2D eigenvalue weighted by Crippen LogP contribution is -2.44. The number of halogens is 2. The van der Waals surface area contributed by atoms with Crippen LogP contribution in [0.15, 0.2) is 0 Å². The molecule has 1 N–H and O–H groups in total. The lowest BCUT2D eigenvalue weighted by atomic mass is 9.92. The Morgan fingerprint density at radius 2 is 2.00 bits per heavy atom. The quantitative estimate of drug-likeness (QED) is 0.788. The first-order valence-corrected chi connectivity index (χ1v) is 5.15.